The smallest absolute Gasteiger partial charge is 0.269 e. The number of amides is 2. The molecule has 0 radical (unpaired) electrons. The second kappa shape index (κ2) is 7.69. The molecule has 7 nitrogen and oxygen atoms in total. The van der Waals surface area contributed by atoms with E-state index < -0.39 is 6.10 Å². The molecule has 2 fully saturated rings. The van der Waals surface area contributed by atoms with Gasteiger partial charge in [-0.05, 0) is 17.7 Å². The Kier molecular flexibility index (Phi) is 5.11. The predicted molar refractivity (Wildman–Crippen MR) is 102 cm³/mol. The molecule has 4 atom stereocenters. The van der Waals surface area contributed by atoms with Crippen LogP contribution in [0.4, 0.5) is 0 Å². The van der Waals surface area contributed by atoms with Crippen molar-refractivity contribution in [3.63, 3.8) is 0 Å². The van der Waals surface area contributed by atoms with Crippen LogP contribution < -0.4 is 10.6 Å². The average molecular weight is 381 g/mol. The van der Waals surface area contributed by atoms with Crippen molar-refractivity contribution >= 4 is 11.8 Å². The molecule has 0 spiro atoms. The van der Waals surface area contributed by atoms with Crippen LogP contribution in [0.1, 0.15) is 38.2 Å². The summed E-state index contributed by atoms with van der Waals surface area (Å²) in [6.07, 6.45) is -0.480. The van der Waals surface area contributed by atoms with Gasteiger partial charge in [-0.25, -0.2) is 4.98 Å². The van der Waals surface area contributed by atoms with E-state index in [0.29, 0.717) is 36.3 Å². The minimum Gasteiger partial charge on any atom is -0.381 e. The van der Waals surface area contributed by atoms with Gasteiger partial charge in [-0.1, -0.05) is 30.3 Å². The summed E-state index contributed by atoms with van der Waals surface area (Å²) in [6.45, 7) is 1.39. The van der Waals surface area contributed by atoms with Gasteiger partial charge in [0.1, 0.15) is 11.8 Å². The standard InChI is InChI=1S/C21H23N3O4/c1-22-21(26)17-9-13(20(25)24-18-14-10-28-11-15(14)18)8-16(23-17)19(27-2)12-6-4-3-5-7-12/h3-9,14-15,18-19H,10-11H2,1-2H3,(H,22,26)(H,24,25)/t14-,15?,18?,19-/m1/s1. The zero-order valence-corrected chi connectivity index (χ0v) is 15.8. The van der Waals surface area contributed by atoms with Crippen LogP contribution in [0.2, 0.25) is 0 Å². The Hall–Kier alpha value is -2.77. The number of ether oxygens (including phenoxy) is 2. The molecule has 1 saturated carbocycles. The molecular formula is C21H23N3O4. The van der Waals surface area contributed by atoms with Crippen LogP contribution in [0.25, 0.3) is 0 Å². The fourth-order valence-corrected chi connectivity index (χ4v) is 3.81. The Morgan fingerprint density at radius 2 is 1.86 bits per heavy atom. The highest BCUT2D eigenvalue weighted by molar-refractivity contribution is 5.99. The topological polar surface area (TPSA) is 89.6 Å². The highest BCUT2D eigenvalue weighted by Crippen LogP contribution is 2.44. The lowest BCUT2D eigenvalue weighted by molar-refractivity contribution is 0.0927. The maximum Gasteiger partial charge on any atom is 0.269 e. The van der Waals surface area contributed by atoms with Crippen LogP contribution in [-0.4, -0.2) is 50.2 Å². The highest BCUT2D eigenvalue weighted by Gasteiger charge is 2.54. The number of carbonyl (C=O) groups is 2. The van der Waals surface area contributed by atoms with Crippen molar-refractivity contribution in [1.29, 1.82) is 0 Å². The number of fused-ring (bicyclic) bond motifs is 1. The summed E-state index contributed by atoms with van der Waals surface area (Å²) in [5.74, 6) is 0.242. The molecule has 1 aromatic carbocycles. The second-order valence-corrected chi connectivity index (χ2v) is 7.14. The average Bonchev–Trinajstić information content (AvgIpc) is 3.14. The van der Waals surface area contributed by atoms with E-state index in [0.717, 1.165) is 5.56 Å². The SMILES string of the molecule is CNC(=O)c1cc(C(=O)NC2C3COC[C@H]32)cc([C@H](OC)c2ccccc2)n1. The Labute approximate surface area is 163 Å². The molecule has 0 bridgehead atoms. The Morgan fingerprint density at radius 3 is 2.50 bits per heavy atom. The summed E-state index contributed by atoms with van der Waals surface area (Å²) in [5, 5.41) is 5.63. The van der Waals surface area contributed by atoms with Crippen LogP contribution in [0, 0.1) is 11.8 Å². The number of pyridine rings is 1. The predicted octanol–water partition coefficient (Wildman–Crippen LogP) is 1.55. The number of benzene rings is 1. The fourth-order valence-electron chi connectivity index (χ4n) is 3.81. The van der Waals surface area contributed by atoms with E-state index in [1.165, 1.54) is 13.1 Å². The minimum atomic E-state index is -0.480. The first-order valence-electron chi connectivity index (χ1n) is 9.32. The van der Waals surface area contributed by atoms with Gasteiger partial charge in [-0.3, -0.25) is 9.59 Å². The zero-order chi connectivity index (χ0) is 19.7. The molecule has 2 N–H and O–H groups in total. The van der Waals surface area contributed by atoms with Gasteiger partial charge in [0, 0.05) is 37.6 Å². The molecule has 7 heteroatoms. The van der Waals surface area contributed by atoms with Gasteiger partial charge in [0.15, 0.2) is 0 Å². The van der Waals surface area contributed by atoms with E-state index >= 15 is 0 Å². The van der Waals surface area contributed by atoms with Gasteiger partial charge in [0.25, 0.3) is 11.8 Å². The van der Waals surface area contributed by atoms with Gasteiger partial charge < -0.3 is 20.1 Å². The number of nitrogens with one attached hydrogen (secondary N) is 2. The van der Waals surface area contributed by atoms with Gasteiger partial charge in [-0.15, -0.1) is 0 Å². The number of aromatic nitrogens is 1. The third-order valence-electron chi connectivity index (χ3n) is 5.42. The summed E-state index contributed by atoms with van der Waals surface area (Å²) < 4.78 is 11.0. The van der Waals surface area contributed by atoms with Gasteiger partial charge >= 0.3 is 0 Å². The van der Waals surface area contributed by atoms with Crippen LogP contribution in [0.3, 0.4) is 0 Å². The first kappa shape index (κ1) is 18.6. The van der Waals surface area contributed by atoms with Crippen LogP contribution in [0.5, 0.6) is 0 Å². The van der Waals surface area contributed by atoms with Gasteiger partial charge in [-0.2, -0.15) is 0 Å². The number of carbonyl (C=O) groups excluding carboxylic acids is 2. The second-order valence-electron chi connectivity index (χ2n) is 7.14. The number of methoxy groups -OCH3 is 1. The molecule has 4 rings (SSSR count). The molecule has 146 valence electrons. The first-order chi connectivity index (χ1) is 13.6. The Bertz CT molecular complexity index is 876. The summed E-state index contributed by atoms with van der Waals surface area (Å²) in [6, 6.07) is 12.9. The normalized spacial score (nSPS) is 23.6. The zero-order valence-electron chi connectivity index (χ0n) is 15.8. The maximum atomic E-state index is 12.8. The summed E-state index contributed by atoms with van der Waals surface area (Å²) in [7, 11) is 3.11. The fraction of sp³-hybridized carbons (Fsp3) is 0.381. The van der Waals surface area contributed by atoms with Gasteiger partial charge in [0.2, 0.25) is 0 Å². The Morgan fingerprint density at radius 1 is 1.14 bits per heavy atom. The lowest BCUT2D eigenvalue weighted by atomic mass is 10.0. The van der Waals surface area contributed by atoms with E-state index in [-0.39, 0.29) is 23.6 Å². The molecule has 2 amide bonds. The van der Waals surface area contributed by atoms with Crippen LogP contribution in [0.15, 0.2) is 42.5 Å². The maximum absolute atomic E-state index is 12.8. The molecule has 28 heavy (non-hydrogen) atoms. The van der Waals surface area contributed by atoms with Crippen molar-refractivity contribution in [2.45, 2.75) is 12.1 Å². The van der Waals surface area contributed by atoms with E-state index in [9.17, 15) is 9.59 Å². The molecule has 1 aromatic heterocycles. The largest absolute Gasteiger partial charge is 0.381 e. The number of nitrogens with zero attached hydrogens (tertiary/aromatic N) is 1. The third-order valence-corrected chi connectivity index (χ3v) is 5.42. The number of rotatable bonds is 6. The molecule has 1 saturated heterocycles. The molecule has 2 aliphatic rings. The summed E-state index contributed by atoms with van der Waals surface area (Å²) >= 11 is 0. The van der Waals surface area contributed by atoms with Crippen LogP contribution >= 0.6 is 0 Å². The van der Waals surface area contributed by atoms with Crippen LogP contribution in [-0.2, 0) is 9.47 Å². The lowest BCUT2D eigenvalue weighted by Gasteiger charge is -2.17. The Balaban J connectivity index is 1.65. The number of hydrogen-bond donors (Lipinski definition) is 2. The molecular weight excluding hydrogens is 358 g/mol. The third kappa shape index (κ3) is 3.50. The molecule has 1 aliphatic heterocycles. The lowest BCUT2D eigenvalue weighted by Crippen LogP contribution is -2.31. The quantitative estimate of drug-likeness (QED) is 0.793. The van der Waals surface area contributed by atoms with Gasteiger partial charge in [0.05, 0.1) is 18.9 Å². The van der Waals surface area contributed by atoms with Crippen molar-refractivity contribution < 1.29 is 19.1 Å². The van der Waals surface area contributed by atoms with Crippen molar-refractivity contribution in [3.8, 4) is 0 Å². The highest BCUT2D eigenvalue weighted by atomic mass is 16.5. The van der Waals surface area contributed by atoms with E-state index in [1.54, 1.807) is 13.2 Å². The molecule has 2 heterocycles. The summed E-state index contributed by atoms with van der Waals surface area (Å²) in [5.41, 5.74) is 1.99. The molecule has 1 aliphatic carbocycles. The van der Waals surface area contributed by atoms with Crippen molar-refractivity contribution in [3.05, 3.63) is 65.0 Å². The number of hydrogen-bond acceptors (Lipinski definition) is 5. The van der Waals surface area contributed by atoms with E-state index in [4.69, 9.17) is 9.47 Å². The molecule has 2 unspecified atom stereocenters. The molecule has 2 aromatic rings. The van der Waals surface area contributed by atoms with E-state index in [2.05, 4.69) is 15.6 Å². The van der Waals surface area contributed by atoms with E-state index in [1.807, 2.05) is 30.3 Å². The first-order valence-corrected chi connectivity index (χ1v) is 9.32. The van der Waals surface area contributed by atoms with Crippen molar-refractivity contribution in [1.82, 2.24) is 15.6 Å². The van der Waals surface area contributed by atoms with Crippen molar-refractivity contribution in [2.75, 3.05) is 27.4 Å². The minimum absolute atomic E-state index is 0.147. The monoisotopic (exact) mass is 381 g/mol. The van der Waals surface area contributed by atoms with Crippen molar-refractivity contribution in [2.24, 2.45) is 11.8 Å². The summed E-state index contributed by atoms with van der Waals surface area (Å²) in [4.78, 5) is 29.5.